The highest BCUT2D eigenvalue weighted by Crippen LogP contribution is 2.31. The van der Waals surface area contributed by atoms with Gasteiger partial charge in [0.2, 0.25) is 0 Å². The molecule has 1 amide bonds. The first-order chi connectivity index (χ1) is 12.3. The van der Waals surface area contributed by atoms with Crippen LogP contribution < -0.4 is 15.8 Å². The number of carbonyl (C=O) groups is 1. The van der Waals surface area contributed by atoms with Gasteiger partial charge in [-0.25, -0.2) is 0 Å². The van der Waals surface area contributed by atoms with Gasteiger partial charge in [-0.3, -0.25) is 4.79 Å². The number of ether oxygens (including phenoxy) is 1. The van der Waals surface area contributed by atoms with E-state index in [0.717, 1.165) is 17.7 Å². The second kappa shape index (κ2) is 10.1. The number of nitrogens with two attached hydrogens (primary N) is 1. The van der Waals surface area contributed by atoms with Gasteiger partial charge in [0, 0.05) is 18.7 Å². The molecule has 2 aromatic carbocycles. The lowest BCUT2D eigenvalue weighted by atomic mass is 10.1. The third-order valence-corrected chi connectivity index (χ3v) is 3.55. The summed E-state index contributed by atoms with van der Waals surface area (Å²) >= 11 is 0. The average Bonchev–Trinajstić information content (AvgIpc) is 2.64. The fourth-order valence-electron chi connectivity index (χ4n) is 2.12. The van der Waals surface area contributed by atoms with Crippen LogP contribution in [0.25, 0.3) is 0 Å². The Morgan fingerprint density at radius 2 is 1.85 bits per heavy atom. The largest absolute Gasteiger partial charge is 0.491 e. The molecule has 0 aliphatic carbocycles. The van der Waals surface area contributed by atoms with E-state index in [4.69, 9.17) is 10.5 Å². The van der Waals surface area contributed by atoms with Crippen LogP contribution in [0, 0.1) is 0 Å². The molecule has 0 heterocycles. The number of halogens is 4. The molecule has 0 saturated carbocycles. The van der Waals surface area contributed by atoms with Crippen LogP contribution in [-0.4, -0.2) is 30.3 Å². The number of aliphatic hydroxyl groups excluding tert-OH is 1. The molecule has 148 valence electrons. The first-order valence-electron chi connectivity index (χ1n) is 7.85. The Labute approximate surface area is 160 Å². The zero-order valence-corrected chi connectivity index (χ0v) is 15.0. The Morgan fingerprint density at radius 1 is 1.19 bits per heavy atom. The van der Waals surface area contributed by atoms with Crippen molar-refractivity contribution in [3.05, 3.63) is 65.2 Å². The Bertz CT molecular complexity index is 739. The van der Waals surface area contributed by atoms with E-state index >= 15 is 0 Å². The third kappa shape index (κ3) is 7.09. The highest BCUT2D eigenvalue weighted by atomic mass is 35.5. The van der Waals surface area contributed by atoms with Gasteiger partial charge in [0.15, 0.2) is 0 Å². The Kier molecular flexibility index (Phi) is 8.55. The molecule has 1 unspecified atom stereocenters. The van der Waals surface area contributed by atoms with Crippen molar-refractivity contribution in [2.45, 2.75) is 18.8 Å². The molecule has 0 aliphatic rings. The predicted octanol–water partition coefficient (Wildman–Crippen LogP) is 2.76. The molecule has 5 nitrogen and oxygen atoms in total. The summed E-state index contributed by atoms with van der Waals surface area (Å²) in [6.07, 6.45) is -5.54. The lowest BCUT2D eigenvalue weighted by Crippen LogP contribution is -2.35. The van der Waals surface area contributed by atoms with Gasteiger partial charge in [-0.15, -0.1) is 12.4 Å². The minimum absolute atomic E-state index is 0. The molecule has 0 fully saturated rings. The van der Waals surface area contributed by atoms with Gasteiger partial charge in [0.05, 0.1) is 5.56 Å². The van der Waals surface area contributed by atoms with Gasteiger partial charge in [0.25, 0.3) is 5.91 Å². The molecule has 0 aliphatic heterocycles. The average molecular weight is 405 g/mol. The summed E-state index contributed by atoms with van der Waals surface area (Å²) in [6, 6.07) is 11.0. The molecule has 0 spiro atoms. The van der Waals surface area contributed by atoms with Crippen molar-refractivity contribution in [1.82, 2.24) is 5.32 Å². The van der Waals surface area contributed by atoms with Crippen LogP contribution >= 0.6 is 12.4 Å². The van der Waals surface area contributed by atoms with Crippen molar-refractivity contribution < 1.29 is 27.8 Å². The van der Waals surface area contributed by atoms with Crippen LogP contribution in [0.2, 0.25) is 0 Å². The molecule has 27 heavy (non-hydrogen) atoms. The van der Waals surface area contributed by atoms with E-state index in [1.165, 1.54) is 12.1 Å². The SMILES string of the molecule is Cl.NCc1ccc(C(=O)NCC(O)COc2cccc(C(F)(F)F)c2)cc1. The summed E-state index contributed by atoms with van der Waals surface area (Å²) in [7, 11) is 0. The number of hydrogen-bond donors (Lipinski definition) is 3. The molecule has 1 atom stereocenters. The van der Waals surface area contributed by atoms with Crippen molar-refractivity contribution in [3.63, 3.8) is 0 Å². The van der Waals surface area contributed by atoms with E-state index in [-0.39, 0.29) is 37.2 Å². The lowest BCUT2D eigenvalue weighted by Gasteiger charge is -2.14. The molecule has 0 saturated heterocycles. The summed E-state index contributed by atoms with van der Waals surface area (Å²) in [5.41, 5.74) is 5.94. The smallest absolute Gasteiger partial charge is 0.416 e. The highest BCUT2D eigenvalue weighted by molar-refractivity contribution is 5.94. The number of amides is 1. The van der Waals surface area contributed by atoms with Gasteiger partial charge in [-0.05, 0) is 35.9 Å². The van der Waals surface area contributed by atoms with Crippen LogP contribution in [0.3, 0.4) is 0 Å². The zero-order chi connectivity index (χ0) is 19.2. The van der Waals surface area contributed by atoms with E-state index in [1.807, 2.05) is 0 Å². The summed E-state index contributed by atoms with van der Waals surface area (Å²) in [5.74, 6) is -0.394. The number of hydrogen-bond acceptors (Lipinski definition) is 4. The Balaban J connectivity index is 0.00000364. The monoisotopic (exact) mass is 404 g/mol. The van der Waals surface area contributed by atoms with Crippen molar-refractivity contribution in [2.75, 3.05) is 13.2 Å². The third-order valence-electron chi connectivity index (χ3n) is 3.55. The number of rotatable bonds is 7. The Hall–Kier alpha value is -2.29. The lowest BCUT2D eigenvalue weighted by molar-refractivity contribution is -0.137. The zero-order valence-electron chi connectivity index (χ0n) is 14.2. The maximum Gasteiger partial charge on any atom is 0.416 e. The van der Waals surface area contributed by atoms with Gasteiger partial charge >= 0.3 is 6.18 Å². The second-order valence-electron chi connectivity index (χ2n) is 5.60. The van der Waals surface area contributed by atoms with Crippen molar-refractivity contribution in [3.8, 4) is 5.75 Å². The summed E-state index contributed by atoms with van der Waals surface area (Å²) < 4.78 is 43.0. The van der Waals surface area contributed by atoms with Crippen LogP contribution in [0.5, 0.6) is 5.75 Å². The van der Waals surface area contributed by atoms with Crippen LogP contribution in [0.15, 0.2) is 48.5 Å². The first kappa shape index (κ1) is 22.8. The molecule has 4 N–H and O–H groups in total. The molecule has 0 bridgehead atoms. The number of aliphatic hydroxyl groups is 1. The van der Waals surface area contributed by atoms with Crippen molar-refractivity contribution >= 4 is 18.3 Å². The summed E-state index contributed by atoms with van der Waals surface area (Å²) in [6.45, 7) is 0.0115. The minimum atomic E-state index is -4.47. The van der Waals surface area contributed by atoms with Crippen molar-refractivity contribution in [2.24, 2.45) is 5.73 Å². The Morgan fingerprint density at radius 3 is 2.44 bits per heavy atom. The molecular weight excluding hydrogens is 385 g/mol. The molecular formula is C18H20ClF3N2O3. The van der Waals surface area contributed by atoms with E-state index in [1.54, 1.807) is 24.3 Å². The number of carbonyl (C=O) groups excluding carboxylic acids is 1. The number of nitrogens with one attached hydrogen (secondary N) is 1. The quantitative estimate of drug-likeness (QED) is 0.662. The normalized spacial score (nSPS) is 12.0. The maximum absolute atomic E-state index is 12.6. The highest BCUT2D eigenvalue weighted by Gasteiger charge is 2.30. The fourth-order valence-corrected chi connectivity index (χ4v) is 2.12. The van der Waals surface area contributed by atoms with E-state index in [9.17, 15) is 23.1 Å². The van der Waals surface area contributed by atoms with Crippen molar-refractivity contribution in [1.29, 1.82) is 0 Å². The van der Waals surface area contributed by atoms with Gasteiger partial charge in [-0.2, -0.15) is 13.2 Å². The topological polar surface area (TPSA) is 84.6 Å². The van der Waals surface area contributed by atoms with Gasteiger partial charge in [0.1, 0.15) is 18.5 Å². The first-order valence-corrected chi connectivity index (χ1v) is 7.85. The molecule has 2 aromatic rings. The molecule has 2 rings (SSSR count). The maximum atomic E-state index is 12.6. The molecule has 0 aromatic heterocycles. The van der Waals surface area contributed by atoms with Gasteiger partial charge in [-0.1, -0.05) is 18.2 Å². The minimum Gasteiger partial charge on any atom is -0.491 e. The van der Waals surface area contributed by atoms with Crippen LogP contribution in [0.4, 0.5) is 13.2 Å². The second-order valence-corrected chi connectivity index (χ2v) is 5.60. The number of alkyl halides is 3. The number of benzene rings is 2. The van der Waals surface area contributed by atoms with E-state index < -0.39 is 17.8 Å². The van der Waals surface area contributed by atoms with Gasteiger partial charge < -0.3 is 20.9 Å². The van der Waals surface area contributed by atoms with Crippen LogP contribution in [0.1, 0.15) is 21.5 Å². The standard InChI is InChI=1S/C18H19F3N2O3.ClH/c19-18(20,21)14-2-1-3-16(8-14)26-11-15(24)10-23-17(25)13-6-4-12(9-22)5-7-13;/h1-8,15,24H,9-11,22H2,(H,23,25);1H. The van der Waals surface area contributed by atoms with E-state index in [2.05, 4.69) is 5.32 Å². The molecule has 9 heteroatoms. The van der Waals surface area contributed by atoms with Crippen LogP contribution in [-0.2, 0) is 12.7 Å². The predicted molar refractivity (Wildman–Crippen MR) is 96.9 cm³/mol. The van der Waals surface area contributed by atoms with E-state index in [0.29, 0.717) is 12.1 Å². The summed E-state index contributed by atoms with van der Waals surface area (Å²) in [5, 5.41) is 12.4. The summed E-state index contributed by atoms with van der Waals surface area (Å²) in [4.78, 5) is 12.0. The fraction of sp³-hybridized carbons (Fsp3) is 0.278. The molecule has 0 radical (unpaired) electrons.